The van der Waals surface area contributed by atoms with Crippen molar-refractivity contribution in [1.82, 2.24) is 0 Å². The Labute approximate surface area is 144 Å². The van der Waals surface area contributed by atoms with Crippen molar-refractivity contribution >= 4 is 17.7 Å². The SMILES string of the molecule is COC(=O)c1ccc(OC(=O)C(=N)CC(CCO)c2ccco2)cc1. The fourth-order valence-corrected chi connectivity index (χ4v) is 2.30. The lowest BCUT2D eigenvalue weighted by Crippen LogP contribution is -2.22. The first-order valence-electron chi connectivity index (χ1n) is 7.67. The molecule has 0 bridgehead atoms. The molecule has 1 unspecified atom stereocenters. The van der Waals surface area contributed by atoms with Crippen LogP contribution in [0, 0.1) is 5.41 Å². The molecule has 1 aromatic heterocycles. The molecule has 1 atom stereocenters. The Kier molecular flexibility index (Phi) is 6.47. The van der Waals surface area contributed by atoms with Gasteiger partial charge in [0, 0.05) is 18.9 Å². The van der Waals surface area contributed by atoms with Gasteiger partial charge >= 0.3 is 11.9 Å². The van der Waals surface area contributed by atoms with Crippen molar-refractivity contribution in [3.63, 3.8) is 0 Å². The van der Waals surface area contributed by atoms with Crippen LogP contribution in [-0.2, 0) is 9.53 Å². The number of aliphatic hydroxyl groups is 1. The molecule has 7 nitrogen and oxygen atoms in total. The van der Waals surface area contributed by atoms with E-state index in [9.17, 15) is 9.59 Å². The fourth-order valence-electron chi connectivity index (χ4n) is 2.30. The van der Waals surface area contributed by atoms with Crippen LogP contribution in [0.3, 0.4) is 0 Å². The number of furan rings is 1. The third-order valence-corrected chi connectivity index (χ3v) is 3.61. The number of hydrogen-bond donors (Lipinski definition) is 2. The van der Waals surface area contributed by atoms with Gasteiger partial charge in [-0.25, -0.2) is 9.59 Å². The van der Waals surface area contributed by atoms with Crippen molar-refractivity contribution in [2.75, 3.05) is 13.7 Å². The Bertz CT molecular complexity index is 721. The Balaban J connectivity index is 1.97. The number of nitrogens with one attached hydrogen (secondary N) is 1. The summed E-state index contributed by atoms with van der Waals surface area (Å²) in [6.45, 7) is -0.0807. The van der Waals surface area contributed by atoms with E-state index >= 15 is 0 Å². The first kappa shape index (κ1) is 18.4. The molecule has 0 aliphatic rings. The van der Waals surface area contributed by atoms with E-state index in [1.165, 1.54) is 37.6 Å². The zero-order chi connectivity index (χ0) is 18.2. The number of methoxy groups -OCH3 is 1. The minimum atomic E-state index is -0.791. The molecule has 0 aliphatic carbocycles. The highest BCUT2D eigenvalue weighted by molar-refractivity contribution is 6.35. The van der Waals surface area contributed by atoms with E-state index in [1.807, 2.05) is 0 Å². The summed E-state index contributed by atoms with van der Waals surface area (Å²) in [5.41, 5.74) is 0.102. The summed E-state index contributed by atoms with van der Waals surface area (Å²) in [4.78, 5) is 23.4. The van der Waals surface area contributed by atoms with Crippen molar-refractivity contribution in [3.05, 3.63) is 54.0 Å². The summed E-state index contributed by atoms with van der Waals surface area (Å²) in [5.74, 6) is -0.730. The summed E-state index contributed by atoms with van der Waals surface area (Å²) in [6, 6.07) is 9.30. The molecule has 0 fully saturated rings. The maximum absolute atomic E-state index is 12.1. The van der Waals surface area contributed by atoms with Crippen LogP contribution in [0.25, 0.3) is 0 Å². The smallest absolute Gasteiger partial charge is 0.357 e. The molecule has 7 heteroatoms. The fraction of sp³-hybridized carbons (Fsp3) is 0.278. The lowest BCUT2D eigenvalue weighted by atomic mass is 9.96. The topological polar surface area (TPSA) is 110 Å². The van der Waals surface area contributed by atoms with Crippen molar-refractivity contribution in [1.29, 1.82) is 5.41 Å². The summed E-state index contributed by atoms with van der Waals surface area (Å²) in [7, 11) is 1.28. The number of ether oxygens (including phenoxy) is 2. The van der Waals surface area contributed by atoms with Crippen LogP contribution < -0.4 is 4.74 Å². The molecule has 0 spiro atoms. The van der Waals surface area contributed by atoms with E-state index in [-0.39, 0.29) is 30.4 Å². The predicted octanol–water partition coefficient (Wildman–Crippen LogP) is 2.55. The van der Waals surface area contributed by atoms with Gasteiger partial charge in [0.15, 0.2) is 0 Å². The molecule has 2 rings (SSSR count). The second-order valence-corrected chi connectivity index (χ2v) is 5.31. The molecule has 0 radical (unpaired) electrons. The van der Waals surface area contributed by atoms with Crippen LogP contribution in [0.4, 0.5) is 0 Å². The first-order valence-corrected chi connectivity index (χ1v) is 7.67. The van der Waals surface area contributed by atoms with E-state index in [1.54, 1.807) is 12.1 Å². The largest absolute Gasteiger partial charge is 0.469 e. The van der Waals surface area contributed by atoms with Gasteiger partial charge in [-0.15, -0.1) is 0 Å². The summed E-state index contributed by atoms with van der Waals surface area (Å²) in [5, 5.41) is 17.1. The summed E-state index contributed by atoms with van der Waals surface area (Å²) >= 11 is 0. The van der Waals surface area contributed by atoms with E-state index < -0.39 is 11.9 Å². The molecule has 2 N–H and O–H groups in total. The summed E-state index contributed by atoms with van der Waals surface area (Å²) < 4.78 is 15.0. The predicted molar refractivity (Wildman–Crippen MR) is 88.9 cm³/mol. The van der Waals surface area contributed by atoms with Crippen molar-refractivity contribution in [2.45, 2.75) is 18.8 Å². The van der Waals surface area contributed by atoms with Gasteiger partial charge in [0.2, 0.25) is 0 Å². The van der Waals surface area contributed by atoms with Gasteiger partial charge < -0.3 is 19.0 Å². The summed E-state index contributed by atoms with van der Waals surface area (Å²) in [6.07, 6.45) is 1.97. The van der Waals surface area contributed by atoms with Crippen LogP contribution in [0.15, 0.2) is 47.1 Å². The second kappa shape index (κ2) is 8.79. The highest BCUT2D eigenvalue weighted by Crippen LogP contribution is 2.24. The van der Waals surface area contributed by atoms with Crippen molar-refractivity contribution in [3.8, 4) is 5.75 Å². The second-order valence-electron chi connectivity index (χ2n) is 5.31. The Morgan fingerprint density at radius 3 is 2.52 bits per heavy atom. The van der Waals surface area contributed by atoms with E-state index in [0.717, 1.165) is 0 Å². The number of carbonyl (C=O) groups is 2. The van der Waals surface area contributed by atoms with Gasteiger partial charge in [-0.3, -0.25) is 5.41 Å². The van der Waals surface area contributed by atoms with Gasteiger partial charge in [-0.05, 0) is 42.8 Å². The normalized spacial score (nSPS) is 11.6. The number of carbonyl (C=O) groups excluding carboxylic acids is 2. The van der Waals surface area contributed by atoms with Crippen molar-refractivity contribution < 1.29 is 28.6 Å². The zero-order valence-electron chi connectivity index (χ0n) is 13.7. The van der Waals surface area contributed by atoms with E-state index in [0.29, 0.717) is 17.7 Å². The zero-order valence-corrected chi connectivity index (χ0v) is 13.7. The molecule has 1 aromatic carbocycles. The lowest BCUT2D eigenvalue weighted by Gasteiger charge is -2.13. The standard InChI is InChI=1S/C18H19NO6/c1-23-17(21)12-4-6-14(7-5-12)25-18(22)15(19)11-13(8-9-20)16-3-2-10-24-16/h2-7,10,13,19-20H,8-9,11H2,1H3. The molecular weight excluding hydrogens is 326 g/mol. The monoisotopic (exact) mass is 345 g/mol. The highest BCUT2D eigenvalue weighted by Gasteiger charge is 2.21. The van der Waals surface area contributed by atoms with Gasteiger partial charge in [-0.2, -0.15) is 0 Å². The average Bonchev–Trinajstić information content (AvgIpc) is 3.15. The van der Waals surface area contributed by atoms with Crippen molar-refractivity contribution in [2.24, 2.45) is 0 Å². The lowest BCUT2D eigenvalue weighted by molar-refractivity contribution is -0.127. The molecule has 0 amide bonds. The van der Waals surface area contributed by atoms with Gasteiger partial charge in [0.25, 0.3) is 0 Å². The van der Waals surface area contributed by atoms with Gasteiger partial charge in [0.05, 0.1) is 18.9 Å². The molecule has 25 heavy (non-hydrogen) atoms. The molecule has 0 saturated heterocycles. The third kappa shape index (κ3) is 5.02. The molecule has 0 saturated carbocycles. The Morgan fingerprint density at radius 1 is 1.24 bits per heavy atom. The highest BCUT2D eigenvalue weighted by atomic mass is 16.5. The van der Waals surface area contributed by atoms with Crippen LogP contribution in [0.5, 0.6) is 5.75 Å². The number of esters is 2. The Hall–Kier alpha value is -2.93. The van der Waals surface area contributed by atoms with Gasteiger partial charge in [-0.1, -0.05) is 0 Å². The maximum atomic E-state index is 12.1. The van der Waals surface area contributed by atoms with Crippen LogP contribution in [-0.4, -0.2) is 36.5 Å². The maximum Gasteiger partial charge on any atom is 0.357 e. The third-order valence-electron chi connectivity index (χ3n) is 3.61. The van der Waals surface area contributed by atoms with Crippen LogP contribution in [0.1, 0.15) is 34.9 Å². The van der Waals surface area contributed by atoms with Crippen LogP contribution in [0.2, 0.25) is 0 Å². The number of rotatable bonds is 8. The van der Waals surface area contributed by atoms with Crippen LogP contribution >= 0.6 is 0 Å². The van der Waals surface area contributed by atoms with E-state index in [2.05, 4.69) is 4.74 Å². The number of hydrogen-bond acceptors (Lipinski definition) is 7. The Morgan fingerprint density at radius 2 is 1.96 bits per heavy atom. The first-order chi connectivity index (χ1) is 12.0. The molecular formula is C18H19NO6. The molecule has 0 aliphatic heterocycles. The number of aliphatic hydroxyl groups excluding tert-OH is 1. The quantitative estimate of drug-likeness (QED) is 0.432. The molecule has 1 heterocycles. The van der Waals surface area contributed by atoms with E-state index in [4.69, 9.17) is 19.7 Å². The molecule has 132 valence electrons. The minimum absolute atomic E-state index is 0.0807. The number of benzene rings is 1. The van der Waals surface area contributed by atoms with Gasteiger partial charge in [0.1, 0.15) is 17.2 Å². The molecule has 2 aromatic rings. The average molecular weight is 345 g/mol. The minimum Gasteiger partial charge on any atom is -0.469 e.